The SMILES string of the molecule is Brc1cccc(OCCOC2COC2)c1. The summed E-state index contributed by atoms with van der Waals surface area (Å²) in [6.07, 6.45) is 0.274. The summed E-state index contributed by atoms with van der Waals surface area (Å²) in [4.78, 5) is 0. The lowest BCUT2D eigenvalue weighted by atomic mass is 10.3. The Hall–Kier alpha value is -0.580. The van der Waals surface area contributed by atoms with E-state index in [9.17, 15) is 0 Å². The van der Waals surface area contributed by atoms with Gasteiger partial charge in [-0.05, 0) is 18.2 Å². The average molecular weight is 273 g/mol. The van der Waals surface area contributed by atoms with Crippen LogP contribution in [0.25, 0.3) is 0 Å². The fraction of sp³-hybridized carbons (Fsp3) is 0.455. The molecule has 1 aromatic rings. The molecule has 0 atom stereocenters. The lowest BCUT2D eigenvalue weighted by molar-refractivity contribution is -0.132. The number of halogens is 1. The zero-order valence-corrected chi connectivity index (χ0v) is 9.90. The van der Waals surface area contributed by atoms with Crippen LogP contribution in [-0.2, 0) is 9.47 Å². The molecule has 1 aromatic carbocycles. The van der Waals surface area contributed by atoms with Gasteiger partial charge in [0.1, 0.15) is 18.5 Å². The van der Waals surface area contributed by atoms with Gasteiger partial charge < -0.3 is 14.2 Å². The van der Waals surface area contributed by atoms with E-state index in [0.717, 1.165) is 23.4 Å². The molecule has 3 nitrogen and oxygen atoms in total. The van der Waals surface area contributed by atoms with E-state index in [1.807, 2.05) is 24.3 Å². The Morgan fingerprint density at radius 2 is 2.20 bits per heavy atom. The Balaban J connectivity index is 1.64. The van der Waals surface area contributed by atoms with E-state index in [1.165, 1.54) is 0 Å². The maximum absolute atomic E-state index is 5.51. The second-order valence-corrected chi connectivity index (χ2v) is 4.25. The van der Waals surface area contributed by atoms with Crippen LogP contribution in [0.1, 0.15) is 0 Å². The lowest BCUT2D eigenvalue weighted by Gasteiger charge is -2.25. The predicted molar refractivity (Wildman–Crippen MR) is 60.2 cm³/mol. The van der Waals surface area contributed by atoms with Crippen molar-refractivity contribution >= 4 is 15.9 Å². The monoisotopic (exact) mass is 272 g/mol. The van der Waals surface area contributed by atoms with Crippen molar-refractivity contribution in [1.82, 2.24) is 0 Å². The highest BCUT2D eigenvalue weighted by Gasteiger charge is 2.18. The van der Waals surface area contributed by atoms with Crippen molar-refractivity contribution in [1.29, 1.82) is 0 Å². The third-order valence-corrected chi connectivity index (χ3v) is 2.60. The highest BCUT2D eigenvalue weighted by molar-refractivity contribution is 9.10. The zero-order chi connectivity index (χ0) is 10.5. The van der Waals surface area contributed by atoms with E-state index < -0.39 is 0 Å². The molecule has 4 heteroatoms. The van der Waals surface area contributed by atoms with Gasteiger partial charge in [0.25, 0.3) is 0 Å². The lowest BCUT2D eigenvalue weighted by Crippen LogP contribution is -2.37. The fourth-order valence-electron chi connectivity index (χ4n) is 1.24. The molecule has 2 rings (SSSR count). The van der Waals surface area contributed by atoms with E-state index in [4.69, 9.17) is 14.2 Å². The van der Waals surface area contributed by atoms with Crippen molar-refractivity contribution in [3.8, 4) is 5.75 Å². The maximum atomic E-state index is 5.51. The van der Waals surface area contributed by atoms with E-state index in [-0.39, 0.29) is 6.10 Å². The van der Waals surface area contributed by atoms with Gasteiger partial charge in [-0.3, -0.25) is 0 Å². The molecule has 1 aliphatic heterocycles. The molecule has 82 valence electrons. The number of hydrogen-bond acceptors (Lipinski definition) is 3. The van der Waals surface area contributed by atoms with Gasteiger partial charge >= 0.3 is 0 Å². The first kappa shape index (κ1) is 10.9. The van der Waals surface area contributed by atoms with Crippen LogP contribution >= 0.6 is 15.9 Å². The van der Waals surface area contributed by atoms with Crippen LogP contribution in [0.3, 0.4) is 0 Å². The molecule has 0 amide bonds. The van der Waals surface area contributed by atoms with E-state index in [2.05, 4.69) is 15.9 Å². The maximum Gasteiger partial charge on any atom is 0.120 e. The molecule has 0 radical (unpaired) electrons. The predicted octanol–water partition coefficient (Wildman–Crippen LogP) is 2.24. The van der Waals surface area contributed by atoms with Gasteiger partial charge in [0, 0.05) is 4.47 Å². The summed E-state index contributed by atoms with van der Waals surface area (Å²) in [5, 5.41) is 0. The minimum atomic E-state index is 0.274. The highest BCUT2D eigenvalue weighted by atomic mass is 79.9. The van der Waals surface area contributed by atoms with Gasteiger partial charge in [0.05, 0.1) is 19.8 Å². The molecule has 15 heavy (non-hydrogen) atoms. The summed E-state index contributed by atoms with van der Waals surface area (Å²) in [5.41, 5.74) is 0. The van der Waals surface area contributed by atoms with Gasteiger partial charge in [-0.15, -0.1) is 0 Å². The Bertz CT molecular complexity index is 312. The van der Waals surface area contributed by atoms with Gasteiger partial charge in [0.15, 0.2) is 0 Å². The molecule has 0 unspecified atom stereocenters. The summed E-state index contributed by atoms with van der Waals surface area (Å²) >= 11 is 3.39. The van der Waals surface area contributed by atoms with Crippen LogP contribution in [-0.4, -0.2) is 32.5 Å². The molecule has 1 fully saturated rings. The molecule has 1 aliphatic rings. The van der Waals surface area contributed by atoms with Crippen LogP contribution in [0.4, 0.5) is 0 Å². The molecule has 0 bridgehead atoms. The molecule has 0 saturated carbocycles. The molecule has 1 heterocycles. The first-order chi connectivity index (χ1) is 7.34. The third kappa shape index (κ3) is 3.48. The average Bonchev–Trinajstić information content (AvgIpc) is 2.15. The normalized spacial score (nSPS) is 16.1. The number of rotatable bonds is 5. The summed E-state index contributed by atoms with van der Waals surface area (Å²) in [7, 11) is 0. The molecular formula is C11H13BrO3. The van der Waals surface area contributed by atoms with E-state index in [0.29, 0.717) is 13.2 Å². The molecule has 0 spiro atoms. The standard InChI is InChI=1S/C11H13BrO3/c12-9-2-1-3-10(6-9)14-4-5-15-11-7-13-8-11/h1-3,6,11H,4-5,7-8H2. The summed E-state index contributed by atoms with van der Waals surface area (Å²) in [5.74, 6) is 0.859. The first-order valence-corrected chi connectivity index (χ1v) is 5.71. The van der Waals surface area contributed by atoms with Crippen LogP contribution < -0.4 is 4.74 Å². The van der Waals surface area contributed by atoms with Crippen LogP contribution in [0, 0.1) is 0 Å². The van der Waals surface area contributed by atoms with Crippen molar-refractivity contribution in [2.45, 2.75) is 6.10 Å². The molecular weight excluding hydrogens is 260 g/mol. The summed E-state index contributed by atoms with van der Waals surface area (Å²) in [6, 6.07) is 7.78. The first-order valence-electron chi connectivity index (χ1n) is 4.92. The third-order valence-electron chi connectivity index (χ3n) is 2.11. The van der Waals surface area contributed by atoms with Gasteiger partial charge in [-0.2, -0.15) is 0 Å². The Morgan fingerprint density at radius 1 is 1.33 bits per heavy atom. The Kier molecular flexibility index (Phi) is 4.00. The second-order valence-electron chi connectivity index (χ2n) is 3.34. The molecule has 0 aromatic heterocycles. The molecule has 1 saturated heterocycles. The minimum Gasteiger partial charge on any atom is -0.491 e. The quantitative estimate of drug-likeness (QED) is 0.770. The largest absolute Gasteiger partial charge is 0.491 e. The summed E-state index contributed by atoms with van der Waals surface area (Å²) in [6.45, 7) is 2.63. The number of hydrogen-bond donors (Lipinski definition) is 0. The van der Waals surface area contributed by atoms with Crippen LogP contribution in [0.15, 0.2) is 28.7 Å². The second kappa shape index (κ2) is 5.49. The van der Waals surface area contributed by atoms with Crippen LogP contribution in [0.5, 0.6) is 5.75 Å². The smallest absolute Gasteiger partial charge is 0.120 e. The molecule has 0 aliphatic carbocycles. The number of benzene rings is 1. The highest BCUT2D eigenvalue weighted by Crippen LogP contribution is 2.17. The Labute approximate surface area is 97.5 Å². The molecule has 0 N–H and O–H groups in total. The van der Waals surface area contributed by atoms with Crippen molar-refractivity contribution < 1.29 is 14.2 Å². The summed E-state index contributed by atoms with van der Waals surface area (Å²) < 4.78 is 17.0. The van der Waals surface area contributed by atoms with Crippen LogP contribution in [0.2, 0.25) is 0 Å². The van der Waals surface area contributed by atoms with Gasteiger partial charge in [-0.1, -0.05) is 22.0 Å². The van der Waals surface area contributed by atoms with E-state index in [1.54, 1.807) is 0 Å². The van der Waals surface area contributed by atoms with E-state index >= 15 is 0 Å². The minimum absolute atomic E-state index is 0.274. The van der Waals surface area contributed by atoms with Crippen molar-refractivity contribution in [2.75, 3.05) is 26.4 Å². The zero-order valence-electron chi connectivity index (χ0n) is 8.32. The van der Waals surface area contributed by atoms with Crippen molar-refractivity contribution in [2.24, 2.45) is 0 Å². The number of ether oxygens (including phenoxy) is 3. The Morgan fingerprint density at radius 3 is 2.87 bits per heavy atom. The van der Waals surface area contributed by atoms with Gasteiger partial charge in [0.2, 0.25) is 0 Å². The van der Waals surface area contributed by atoms with Crippen molar-refractivity contribution in [3.63, 3.8) is 0 Å². The fourth-order valence-corrected chi connectivity index (χ4v) is 1.62. The topological polar surface area (TPSA) is 27.7 Å². The van der Waals surface area contributed by atoms with Gasteiger partial charge in [-0.25, -0.2) is 0 Å². The van der Waals surface area contributed by atoms with Crippen molar-refractivity contribution in [3.05, 3.63) is 28.7 Å².